The van der Waals surface area contributed by atoms with Crippen molar-refractivity contribution in [2.75, 3.05) is 6.54 Å². The van der Waals surface area contributed by atoms with E-state index in [4.69, 9.17) is 0 Å². The molecule has 152 valence electrons. The minimum absolute atomic E-state index is 0.0579. The van der Waals surface area contributed by atoms with Gasteiger partial charge in [-0.1, -0.05) is 43.5 Å². The quantitative estimate of drug-likeness (QED) is 0.774. The average Bonchev–Trinajstić information content (AvgIpc) is 2.74. The van der Waals surface area contributed by atoms with Crippen molar-refractivity contribution in [3.63, 3.8) is 0 Å². The minimum atomic E-state index is -0.802. The summed E-state index contributed by atoms with van der Waals surface area (Å²) >= 11 is 0. The van der Waals surface area contributed by atoms with Crippen LogP contribution < -0.4 is 0 Å². The molecule has 4 nitrogen and oxygen atoms in total. The highest BCUT2D eigenvalue weighted by molar-refractivity contribution is 5.95. The zero-order valence-corrected chi connectivity index (χ0v) is 16.2. The van der Waals surface area contributed by atoms with Gasteiger partial charge in [-0.05, 0) is 48.2 Å². The molecule has 0 bridgehead atoms. The van der Waals surface area contributed by atoms with Crippen LogP contribution >= 0.6 is 0 Å². The Hall–Kier alpha value is -2.76. The summed E-state index contributed by atoms with van der Waals surface area (Å²) in [4.78, 5) is 29.8. The van der Waals surface area contributed by atoms with E-state index in [1.807, 2.05) is 0 Å². The van der Waals surface area contributed by atoms with Crippen LogP contribution in [0.1, 0.15) is 49.3 Å². The first kappa shape index (κ1) is 19.6. The minimum Gasteiger partial charge on any atom is -0.328 e. The third-order valence-corrected chi connectivity index (χ3v) is 5.92. The monoisotopic (exact) mass is 398 g/mol. The van der Waals surface area contributed by atoms with Crippen LogP contribution in [0.2, 0.25) is 0 Å². The molecule has 1 heterocycles. The predicted molar refractivity (Wildman–Crippen MR) is 105 cm³/mol. The first-order valence-electron chi connectivity index (χ1n) is 10.1. The van der Waals surface area contributed by atoms with Gasteiger partial charge in [0.2, 0.25) is 5.91 Å². The first-order valence-corrected chi connectivity index (χ1v) is 10.1. The highest BCUT2D eigenvalue weighted by atomic mass is 19.1. The summed E-state index contributed by atoms with van der Waals surface area (Å²) < 4.78 is 26.7. The summed E-state index contributed by atoms with van der Waals surface area (Å²) in [6.45, 7) is 0.258. The lowest BCUT2D eigenvalue weighted by Gasteiger charge is -2.44. The third kappa shape index (κ3) is 4.16. The second kappa shape index (κ2) is 8.31. The van der Waals surface area contributed by atoms with E-state index >= 15 is 0 Å². The number of nitrogens with zero attached hydrogens (tertiary/aromatic N) is 2. The Labute approximate surface area is 169 Å². The Balaban J connectivity index is 1.66. The van der Waals surface area contributed by atoms with Gasteiger partial charge in [0.1, 0.15) is 24.2 Å². The van der Waals surface area contributed by atoms with E-state index in [1.54, 1.807) is 29.2 Å². The summed E-state index contributed by atoms with van der Waals surface area (Å²) in [5.74, 6) is -1.01. The topological polar surface area (TPSA) is 40.6 Å². The van der Waals surface area contributed by atoms with Crippen LogP contribution in [0, 0.1) is 11.6 Å². The van der Waals surface area contributed by atoms with Crippen molar-refractivity contribution in [3.05, 3.63) is 71.3 Å². The Morgan fingerprint density at radius 2 is 1.41 bits per heavy atom. The molecule has 1 saturated heterocycles. The molecule has 2 fully saturated rings. The van der Waals surface area contributed by atoms with Crippen LogP contribution in [0.15, 0.2) is 48.5 Å². The van der Waals surface area contributed by atoms with Gasteiger partial charge in [0.25, 0.3) is 5.91 Å². The number of halogens is 2. The van der Waals surface area contributed by atoms with Gasteiger partial charge in [0, 0.05) is 12.6 Å². The average molecular weight is 398 g/mol. The maximum Gasteiger partial charge on any atom is 0.250 e. The highest BCUT2D eigenvalue weighted by Crippen LogP contribution is 2.33. The summed E-state index contributed by atoms with van der Waals surface area (Å²) in [5.41, 5.74) is 1.33. The SMILES string of the molecule is O=C1C(c2ccc(F)cc2)N(Cc2ccc(F)cc2)C(=O)CN1C1CCCCC1. The Morgan fingerprint density at radius 1 is 0.828 bits per heavy atom. The predicted octanol–water partition coefficient (Wildman–Crippen LogP) is 4.21. The molecule has 6 heteroatoms. The van der Waals surface area contributed by atoms with E-state index in [9.17, 15) is 18.4 Å². The van der Waals surface area contributed by atoms with Gasteiger partial charge < -0.3 is 9.80 Å². The second-order valence-corrected chi connectivity index (χ2v) is 7.86. The Kier molecular flexibility index (Phi) is 5.60. The van der Waals surface area contributed by atoms with Crippen molar-refractivity contribution in [1.29, 1.82) is 0 Å². The van der Waals surface area contributed by atoms with E-state index in [0.717, 1.165) is 37.7 Å². The first-order chi connectivity index (χ1) is 14.0. The molecular formula is C23H24F2N2O2. The molecule has 1 unspecified atom stereocenters. The molecule has 2 aliphatic rings. The highest BCUT2D eigenvalue weighted by Gasteiger charge is 2.42. The zero-order chi connectivity index (χ0) is 20.4. The molecule has 1 saturated carbocycles. The third-order valence-electron chi connectivity index (χ3n) is 5.92. The molecule has 2 aromatic carbocycles. The van der Waals surface area contributed by atoms with E-state index in [-0.39, 0.29) is 36.8 Å². The number of rotatable bonds is 4. The van der Waals surface area contributed by atoms with Crippen LogP contribution in [-0.2, 0) is 16.1 Å². The maximum absolute atomic E-state index is 13.5. The van der Waals surface area contributed by atoms with Crippen molar-refractivity contribution in [1.82, 2.24) is 9.80 Å². The molecule has 1 atom stereocenters. The van der Waals surface area contributed by atoms with Crippen LogP contribution in [0.25, 0.3) is 0 Å². The van der Waals surface area contributed by atoms with Crippen LogP contribution in [-0.4, -0.2) is 34.2 Å². The normalized spacial score (nSPS) is 21.0. The van der Waals surface area contributed by atoms with Gasteiger partial charge in [-0.3, -0.25) is 9.59 Å². The molecule has 0 radical (unpaired) electrons. The fraction of sp³-hybridized carbons (Fsp3) is 0.391. The summed E-state index contributed by atoms with van der Waals surface area (Å²) in [5, 5.41) is 0. The molecule has 1 aliphatic heterocycles. The number of amides is 2. The van der Waals surface area contributed by atoms with Crippen molar-refractivity contribution in [2.24, 2.45) is 0 Å². The van der Waals surface area contributed by atoms with Crippen LogP contribution in [0.5, 0.6) is 0 Å². The Bertz CT molecular complexity index is 877. The number of hydrogen-bond acceptors (Lipinski definition) is 2. The summed E-state index contributed by atoms with van der Waals surface area (Å²) in [6.07, 6.45) is 5.09. The zero-order valence-electron chi connectivity index (χ0n) is 16.2. The molecule has 0 spiro atoms. The van der Waals surface area contributed by atoms with E-state index in [1.165, 1.54) is 29.2 Å². The number of piperazine rings is 1. The molecule has 29 heavy (non-hydrogen) atoms. The standard InChI is InChI=1S/C23H24F2N2O2/c24-18-10-6-16(7-11-18)14-27-21(28)15-26(20-4-2-1-3-5-20)23(29)22(27)17-8-12-19(25)13-9-17/h6-13,20,22H,1-5,14-15H2. The van der Waals surface area contributed by atoms with Crippen molar-refractivity contribution in [3.8, 4) is 0 Å². The largest absolute Gasteiger partial charge is 0.328 e. The molecule has 2 aromatic rings. The summed E-state index contributed by atoms with van der Waals surface area (Å²) in [7, 11) is 0. The van der Waals surface area contributed by atoms with Gasteiger partial charge in [-0.2, -0.15) is 0 Å². The second-order valence-electron chi connectivity index (χ2n) is 7.86. The summed E-state index contributed by atoms with van der Waals surface area (Å²) in [6, 6.07) is 10.9. The van der Waals surface area contributed by atoms with Gasteiger partial charge in [0.05, 0.1) is 0 Å². The smallest absolute Gasteiger partial charge is 0.250 e. The number of hydrogen-bond donors (Lipinski definition) is 0. The number of carbonyl (C=O) groups excluding carboxylic acids is 2. The molecule has 0 aromatic heterocycles. The van der Waals surface area contributed by atoms with Crippen molar-refractivity contribution in [2.45, 2.75) is 50.7 Å². The van der Waals surface area contributed by atoms with Crippen molar-refractivity contribution >= 4 is 11.8 Å². The molecule has 1 aliphatic carbocycles. The molecular weight excluding hydrogens is 374 g/mol. The molecule has 0 N–H and O–H groups in total. The Morgan fingerprint density at radius 3 is 2.03 bits per heavy atom. The lowest BCUT2D eigenvalue weighted by atomic mass is 9.91. The lowest BCUT2D eigenvalue weighted by Crippen LogP contribution is -2.58. The van der Waals surface area contributed by atoms with Gasteiger partial charge >= 0.3 is 0 Å². The van der Waals surface area contributed by atoms with Gasteiger partial charge in [-0.15, -0.1) is 0 Å². The van der Waals surface area contributed by atoms with Crippen LogP contribution in [0.4, 0.5) is 8.78 Å². The van der Waals surface area contributed by atoms with Crippen LogP contribution in [0.3, 0.4) is 0 Å². The molecule has 2 amide bonds. The number of benzene rings is 2. The fourth-order valence-corrected chi connectivity index (χ4v) is 4.38. The maximum atomic E-state index is 13.5. The van der Waals surface area contributed by atoms with E-state index in [2.05, 4.69) is 0 Å². The van der Waals surface area contributed by atoms with E-state index in [0.29, 0.717) is 5.56 Å². The van der Waals surface area contributed by atoms with Crippen molar-refractivity contribution < 1.29 is 18.4 Å². The fourth-order valence-electron chi connectivity index (χ4n) is 4.38. The molecule has 4 rings (SSSR count). The number of carbonyl (C=O) groups is 2. The van der Waals surface area contributed by atoms with Gasteiger partial charge in [-0.25, -0.2) is 8.78 Å². The van der Waals surface area contributed by atoms with Gasteiger partial charge in [0.15, 0.2) is 0 Å². The lowest BCUT2D eigenvalue weighted by molar-refractivity contribution is -0.160. The van der Waals surface area contributed by atoms with E-state index < -0.39 is 11.9 Å².